The summed E-state index contributed by atoms with van der Waals surface area (Å²) >= 11 is 0. The van der Waals surface area contributed by atoms with Gasteiger partial charge < -0.3 is 15.7 Å². The number of anilines is 2. The van der Waals surface area contributed by atoms with E-state index in [1.54, 1.807) is 0 Å². The molecule has 2 aromatic rings. The van der Waals surface area contributed by atoms with Gasteiger partial charge in [-0.3, -0.25) is 4.79 Å². The van der Waals surface area contributed by atoms with Crippen molar-refractivity contribution in [2.24, 2.45) is 5.92 Å². The second-order valence-corrected chi connectivity index (χ2v) is 12.4. The molecule has 11 heteroatoms. The minimum atomic E-state index is -4.34. The van der Waals surface area contributed by atoms with Gasteiger partial charge in [-0.1, -0.05) is 33.8 Å². The van der Waals surface area contributed by atoms with Gasteiger partial charge in [-0.2, -0.15) is 8.42 Å². The highest BCUT2D eigenvalue weighted by Crippen LogP contribution is 2.39. The highest BCUT2D eigenvalue weighted by Gasteiger charge is 2.40. The van der Waals surface area contributed by atoms with E-state index in [0.717, 1.165) is 12.5 Å². The van der Waals surface area contributed by atoms with Crippen LogP contribution in [0.1, 0.15) is 69.6 Å². The van der Waals surface area contributed by atoms with Gasteiger partial charge in [0.05, 0.1) is 11.3 Å². The average Bonchev–Trinajstić information content (AvgIpc) is 3.02. The molecule has 0 bridgehead atoms. The van der Waals surface area contributed by atoms with E-state index >= 15 is 0 Å². The van der Waals surface area contributed by atoms with E-state index < -0.39 is 32.3 Å². The summed E-state index contributed by atoms with van der Waals surface area (Å²) in [5.74, 6) is -1.40. The zero-order chi connectivity index (χ0) is 27.1. The Morgan fingerprint density at radius 2 is 1.92 bits per heavy atom. The highest BCUT2D eigenvalue weighted by molar-refractivity contribution is 7.90. The number of nitrogens with one attached hydrogen (secondary N) is 1. The first-order chi connectivity index (χ1) is 16.5. The molecule has 1 amide bonds. The van der Waals surface area contributed by atoms with E-state index in [-0.39, 0.29) is 16.9 Å². The maximum atomic E-state index is 13.5. The summed E-state index contributed by atoms with van der Waals surface area (Å²) < 4.78 is 27.9. The van der Waals surface area contributed by atoms with Crippen LogP contribution in [0.15, 0.2) is 35.4 Å². The Kier molecular flexibility index (Phi) is 7.18. The normalized spacial score (nSPS) is 17.9. The number of nitrogens with two attached hydrogens (primary N) is 1. The van der Waals surface area contributed by atoms with Crippen LogP contribution >= 0.6 is 0 Å². The SMILES string of the molecule is CC1CN(c2nc(C(C)(C)C)c(/C=C/C(=O)O)cc2C(=O)NS(=O)(=O)c2cccc(N)n2)C(C)(C)C1. The van der Waals surface area contributed by atoms with E-state index in [4.69, 9.17) is 10.7 Å². The lowest BCUT2D eigenvalue weighted by molar-refractivity contribution is -0.131. The number of nitrogen functional groups attached to an aromatic ring is 1. The van der Waals surface area contributed by atoms with Crippen LogP contribution in [0.5, 0.6) is 0 Å². The molecule has 3 heterocycles. The predicted molar refractivity (Wildman–Crippen MR) is 138 cm³/mol. The molecular formula is C25H33N5O5S. The number of rotatable bonds is 6. The van der Waals surface area contributed by atoms with Gasteiger partial charge in [0.2, 0.25) is 0 Å². The van der Waals surface area contributed by atoms with Gasteiger partial charge >= 0.3 is 5.97 Å². The molecule has 194 valence electrons. The Bertz CT molecular complexity index is 1330. The standard InChI is InChI=1S/C25H33N5O5S/c1-15-13-25(5,6)30(14-15)22-17(12-16(10-11-20(31)32)21(28-22)24(2,3)4)23(33)29-36(34,35)19-9-7-8-18(26)27-19/h7-12,15H,13-14H2,1-6H3,(H2,26,27)(H,29,33)(H,31,32)/b11-10+. The van der Waals surface area contributed by atoms with E-state index in [1.807, 2.05) is 39.5 Å². The topological polar surface area (TPSA) is 156 Å². The molecular weight excluding hydrogens is 482 g/mol. The molecule has 1 aliphatic rings. The van der Waals surface area contributed by atoms with Crippen molar-refractivity contribution in [1.82, 2.24) is 14.7 Å². The number of carbonyl (C=O) groups excluding carboxylic acids is 1. The Morgan fingerprint density at radius 1 is 1.25 bits per heavy atom. The number of nitrogens with zero attached hydrogens (tertiary/aromatic N) is 3. The Morgan fingerprint density at radius 3 is 2.44 bits per heavy atom. The van der Waals surface area contributed by atoms with Crippen molar-refractivity contribution in [3.05, 3.63) is 47.2 Å². The summed E-state index contributed by atoms with van der Waals surface area (Å²) in [6.45, 7) is 12.6. The first-order valence-corrected chi connectivity index (χ1v) is 13.0. The molecule has 1 fully saturated rings. The number of hydrogen-bond acceptors (Lipinski definition) is 8. The fraction of sp³-hybridized carbons (Fsp3) is 0.440. The van der Waals surface area contributed by atoms with Crippen LogP contribution in [0.2, 0.25) is 0 Å². The van der Waals surface area contributed by atoms with E-state index in [2.05, 4.69) is 16.6 Å². The average molecular weight is 516 g/mol. The fourth-order valence-electron chi connectivity index (χ4n) is 4.55. The third-order valence-electron chi connectivity index (χ3n) is 5.97. The van der Waals surface area contributed by atoms with Crippen LogP contribution < -0.4 is 15.4 Å². The Hall–Kier alpha value is -3.47. The van der Waals surface area contributed by atoms with Crippen LogP contribution in [0.3, 0.4) is 0 Å². The number of amides is 1. The summed E-state index contributed by atoms with van der Waals surface area (Å²) in [4.78, 5) is 35.4. The molecule has 4 N–H and O–H groups in total. The lowest BCUT2D eigenvalue weighted by Gasteiger charge is -2.35. The van der Waals surface area contributed by atoms with Crippen molar-refractivity contribution in [3.63, 3.8) is 0 Å². The number of pyridine rings is 2. The zero-order valence-corrected chi connectivity index (χ0v) is 22.2. The third kappa shape index (κ3) is 5.84. The minimum Gasteiger partial charge on any atom is -0.478 e. The third-order valence-corrected chi connectivity index (χ3v) is 7.20. The van der Waals surface area contributed by atoms with Crippen LogP contribution in [0.4, 0.5) is 11.6 Å². The minimum absolute atomic E-state index is 0.00360. The molecule has 0 radical (unpaired) electrons. The molecule has 0 saturated carbocycles. The molecule has 0 spiro atoms. The van der Waals surface area contributed by atoms with Crippen LogP contribution in [0, 0.1) is 5.92 Å². The molecule has 10 nitrogen and oxygen atoms in total. The summed E-state index contributed by atoms with van der Waals surface area (Å²) in [7, 11) is -4.34. The number of carboxylic acid groups (broad SMARTS) is 1. The lowest BCUT2D eigenvalue weighted by Crippen LogP contribution is -2.41. The summed E-state index contributed by atoms with van der Waals surface area (Å²) in [6, 6.07) is 5.60. The number of aromatic nitrogens is 2. The predicted octanol–water partition coefficient (Wildman–Crippen LogP) is 3.20. The van der Waals surface area contributed by atoms with Gasteiger partial charge in [0, 0.05) is 23.6 Å². The molecule has 1 atom stereocenters. The molecule has 1 unspecified atom stereocenters. The number of hydrogen-bond donors (Lipinski definition) is 3. The van der Waals surface area contributed by atoms with Crippen LogP contribution in [0.25, 0.3) is 6.08 Å². The Labute approximate surface area is 211 Å². The first-order valence-electron chi connectivity index (χ1n) is 11.5. The smallest absolute Gasteiger partial charge is 0.328 e. The van der Waals surface area contributed by atoms with E-state index in [9.17, 15) is 23.1 Å². The number of carbonyl (C=O) groups is 2. The highest BCUT2D eigenvalue weighted by atomic mass is 32.2. The van der Waals surface area contributed by atoms with Gasteiger partial charge in [-0.15, -0.1) is 0 Å². The molecule has 1 saturated heterocycles. The second kappa shape index (κ2) is 9.53. The summed E-state index contributed by atoms with van der Waals surface area (Å²) in [5.41, 5.74) is 5.79. The molecule has 36 heavy (non-hydrogen) atoms. The fourth-order valence-corrected chi connectivity index (χ4v) is 5.49. The molecule has 1 aliphatic heterocycles. The summed E-state index contributed by atoms with van der Waals surface area (Å²) in [6.07, 6.45) is 3.18. The van der Waals surface area contributed by atoms with E-state index in [0.29, 0.717) is 29.5 Å². The van der Waals surface area contributed by atoms with Crippen molar-refractivity contribution in [1.29, 1.82) is 0 Å². The zero-order valence-electron chi connectivity index (χ0n) is 21.4. The van der Waals surface area contributed by atoms with Crippen molar-refractivity contribution < 1.29 is 23.1 Å². The largest absolute Gasteiger partial charge is 0.478 e. The lowest BCUT2D eigenvalue weighted by atomic mass is 9.87. The van der Waals surface area contributed by atoms with Crippen molar-refractivity contribution in [2.75, 3.05) is 17.2 Å². The van der Waals surface area contributed by atoms with Crippen molar-refractivity contribution >= 4 is 39.6 Å². The quantitative estimate of drug-likeness (QED) is 0.492. The van der Waals surface area contributed by atoms with Gasteiger partial charge in [-0.05, 0) is 56.0 Å². The number of carboxylic acids is 1. The molecule has 3 rings (SSSR count). The molecule has 0 aromatic carbocycles. The van der Waals surface area contributed by atoms with Gasteiger partial charge in [0.1, 0.15) is 11.6 Å². The monoisotopic (exact) mass is 515 g/mol. The molecule has 2 aromatic heterocycles. The van der Waals surface area contributed by atoms with Gasteiger partial charge in [0.25, 0.3) is 15.9 Å². The van der Waals surface area contributed by atoms with Gasteiger partial charge in [0.15, 0.2) is 5.03 Å². The number of sulfonamides is 1. The van der Waals surface area contributed by atoms with Gasteiger partial charge in [-0.25, -0.2) is 19.5 Å². The Balaban J connectivity index is 2.21. The van der Waals surface area contributed by atoms with E-state index in [1.165, 1.54) is 30.3 Å². The first kappa shape index (κ1) is 27.1. The van der Waals surface area contributed by atoms with Crippen LogP contribution in [-0.4, -0.2) is 47.5 Å². The molecule has 0 aliphatic carbocycles. The second-order valence-electron chi connectivity index (χ2n) is 10.8. The maximum absolute atomic E-state index is 13.5. The number of aliphatic carboxylic acids is 1. The van der Waals surface area contributed by atoms with Crippen molar-refractivity contribution in [2.45, 2.75) is 63.9 Å². The van der Waals surface area contributed by atoms with Crippen molar-refractivity contribution in [3.8, 4) is 0 Å². The summed E-state index contributed by atoms with van der Waals surface area (Å²) in [5, 5.41) is 8.79. The van der Waals surface area contributed by atoms with Crippen LogP contribution in [-0.2, 0) is 20.2 Å². The maximum Gasteiger partial charge on any atom is 0.328 e.